The maximum absolute atomic E-state index is 11.7. The van der Waals surface area contributed by atoms with Gasteiger partial charge in [-0.25, -0.2) is 9.48 Å². The van der Waals surface area contributed by atoms with Crippen LogP contribution in [0.25, 0.3) is 0 Å². The largest absolute Gasteiger partial charge is 0.449 e. The number of alkyl carbamates (subject to hydrolysis) is 1. The van der Waals surface area contributed by atoms with E-state index in [1.807, 2.05) is 4.68 Å². The molecule has 3 unspecified atom stereocenters. The van der Waals surface area contributed by atoms with Crippen molar-refractivity contribution in [2.45, 2.75) is 39.2 Å². The molecule has 3 atom stereocenters. The highest BCUT2D eigenvalue weighted by Crippen LogP contribution is 2.52. The van der Waals surface area contributed by atoms with Crippen molar-refractivity contribution in [3.63, 3.8) is 0 Å². The number of aryl methyl sites for hydroxylation is 2. The van der Waals surface area contributed by atoms with Gasteiger partial charge in [-0.2, -0.15) is 0 Å². The second-order valence-electron chi connectivity index (χ2n) is 6.73. The van der Waals surface area contributed by atoms with Gasteiger partial charge in [-0.15, -0.1) is 5.10 Å². The van der Waals surface area contributed by atoms with Gasteiger partial charge in [0.15, 0.2) is 0 Å². The molecule has 0 aromatic carbocycles. The molecule has 1 fully saturated rings. The van der Waals surface area contributed by atoms with Gasteiger partial charge >= 0.3 is 6.09 Å². The van der Waals surface area contributed by atoms with Gasteiger partial charge in [0, 0.05) is 13.1 Å². The van der Waals surface area contributed by atoms with Gasteiger partial charge < -0.3 is 19.9 Å². The second kappa shape index (κ2) is 8.62. The first-order valence-electron chi connectivity index (χ1n) is 9.25. The van der Waals surface area contributed by atoms with Crippen LogP contribution < -0.4 is 5.32 Å². The van der Waals surface area contributed by atoms with Crippen molar-refractivity contribution in [2.75, 3.05) is 33.0 Å². The molecule has 8 heteroatoms. The maximum Gasteiger partial charge on any atom is 0.407 e. The van der Waals surface area contributed by atoms with Crippen molar-refractivity contribution in [1.82, 2.24) is 20.3 Å². The molecular formula is C17H28N4O4. The zero-order valence-corrected chi connectivity index (χ0v) is 14.8. The quantitative estimate of drug-likeness (QED) is 0.671. The molecule has 0 spiro atoms. The fraction of sp³-hybridized carbons (Fsp3) is 0.824. The minimum atomic E-state index is -0.390. The van der Waals surface area contributed by atoms with E-state index in [-0.39, 0.29) is 13.2 Å². The zero-order chi connectivity index (χ0) is 17.6. The molecule has 0 saturated heterocycles. The molecule has 3 rings (SSSR count). The van der Waals surface area contributed by atoms with Crippen molar-refractivity contribution in [3.8, 4) is 0 Å². The van der Waals surface area contributed by atoms with Gasteiger partial charge in [0.2, 0.25) is 0 Å². The molecule has 1 saturated carbocycles. The number of carbonyl (C=O) groups excluding carboxylic acids is 1. The lowest BCUT2D eigenvalue weighted by atomic mass is 10.0. The van der Waals surface area contributed by atoms with E-state index < -0.39 is 6.09 Å². The molecule has 25 heavy (non-hydrogen) atoms. The summed E-state index contributed by atoms with van der Waals surface area (Å²) >= 11 is 0. The Morgan fingerprint density at radius 1 is 1.32 bits per heavy atom. The molecule has 2 aliphatic carbocycles. The lowest BCUT2D eigenvalue weighted by molar-refractivity contribution is 0.0900. The second-order valence-corrected chi connectivity index (χ2v) is 6.73. The third-order valence-corrected chi connectivity index (χ3v) is 5.31. The number of hydrogen-bond acceptors (Lipinski definition) is 6. The number of aliphatic hydroxyl groups is 1. The highest BCUT2D eigenvalue weighted by Gasteiger charge is 2.50. The molecule has 1 aromatic rings. The average molecular weight is 352 g/mol. The maximum atomic E-state index is 11.7. The Labute approximate surface area is 147 Å². The highest BCUT2D eigenvalue weighted by atomic mass is 16.5. The minimum absolute atomic E-state index is 0.00935. The topological polar surface area (TPSA) is 98.5 Å². The summed E-state index contributed by atoms with van der Waals surface area (Å²) in [5.74, 6) is 1.76. The van der Waals surface area contributed by atoms with Crippen LogP contribution in [0.15, 0.2) is 0 Å². The number of nitrogens with one attached hydrogen (secondary N) is 1. The number of nitrogens with zero attached hydrogens (tertiary/aromatic N) is 3. The number of aliphatic hydroxyl groups excluding tert-OH is 1. The van der Waals surface area contributed by atoms with Crippen LogP contribution >= 0.6 is 0 Å². The van der Waals surface area contributed by atoms with Gasteiger partial charge in [-0.05, 0) is 50.4 Å². The predicted octanol–water partition coefficient (Wildman–Crippen LogP) is 0.774. The van der Waals surface area contributed by atoms with E-state index in [0.717, 1.165) is 37.9 Å². The average Bonchev–Trinajstić information content (AvgIpc) is 3.10. The van der Waals surface area contributed by atoms with Crippen LogP contribution in [0.2, 0.25) is 0 Å². The first kappa shape index (κ1) is 18.1. The van der Waals surface area contributed by atoms with Gasteiger partial charge in [-0.1, -0.05) is 5.21 Å². The van der Waals surface area contributed by atoms with Crippen LogP contribution in [0.5, 0.6) is 0 Å². The van der Waals surface area contributed by atoms with Gasteiger partial charge in [0.05, 0.1) is 37.8 Å². The van der Waals surface area contributed by atoms with Gasteiger partial charge in [0.25, 0.3) is 0 Å². The number of rotatable bonds is 8. The summed E-state index contributed by atoms with van der Waals surface area (Å²) in [5, 5.41) is 19.8. The van der Waals surface area contributed by atoms with Crippen LogP contribution in [0.3, 0.4) is 0 Å². The summed E-state index contributed by atoms with van der Waals surface area (Å²) in [6.45, 7) is 4.50. The van der Waals surface area contributed by atoms with E-state index in [0.29, 0.717) is 37.5 Å². The Bertz CT molecular complexity index is 577. The van der Waals surface area contributed by atoms with Crippen molar-refractivity contribution < 1.29 is 19.4 Å². The Hall–Kier alpha value is -1.67. The van der Waals surface area contributed by atoms with Crippen LogP contribution in [0, 0.1) is 17.8 Å². The molecule has 0 radical (unpaired) electrons. The molecule has 1 amide bonds. The van der Waals surface area contributed by atoms with Crippen LogP contribution in [0.4, 0.5) is 4.79 Å². The Kier molecular flexibility index (Phi) is 6.25. The molecule has 0 aliphatic heterocycles. The fourth-order valence-corrected chi connectivity index (χ4v) is 3.94. The summed E-state index contributed by atoms with van der Waals surface area (Å²) in [6, 6.07) is 0. The number of fused-ring (bicyclic) bond motifs is 2. The van der Waals surface area contributed by atoms with Gasteiger partial charge in [-0.3, -0.25) is 0 Å². The summed E-state index contributed by atoms with van der Waals surface area (Å²) in [5.41, 5.74) is 2.43. The number of carbonyl (C=O) groups is 1. The molecule has 1 aromatic heterocycles. The molecule has 8 nitrogen and oxygen atoms in total. The van der Waals surface area contributed by atoms with Crippen molar-refractivity contribution in [3.05, 3.63) is 11.4 Å². The third kappa shape index (κ3) is 4.49. The molecule has 2 N–H and O–H groups in total. The molecule has 0 bridgehead atoms. The summed E-state index contributed by atoms with van der Waals surface area (Å²) in [4.78, 5) is 11.7. The number of ether oxygens (including phenoxy) is 2. The first-order chi connectivity index (χ1) is 12.2. The SMILES string of the molecule is CCn1nnc2c1CCC1C(CC2)C1COC(=O)NCCOCCO. The van der Waals surface area contributed by atoms with E-state index in [9.17, 15) is 4.79 Å². The Balaban J connectivity index is 1.38. The lowest BCUT2D eigenvalue weighted by Gasteiger charge is -2.09. The van der Waals surface area contributed by atoms with Crippen molar-refractivity contribution >= 4 is 6.09 Å². The molecule has 140 valence electrons. The Morgan fingerprint density at radius 2 is 2.12 bits per heavy atom. The van der Waals surface area contributed by atoms with E-state index in [1.54, 1.807) is 0 Å². The van der Waals surface area contributed by atoms with Crippen molar-refractivity contribution in [2.24, 2.45) is 17.8 Å². The monoisotopic (exact) mass is 352 g/mol. The highest BCUT2D eigenvalue weighted by molar-refractivity contribution is 5.67. The lowest BCUT2D eigenvalue weighted by Crippen LogP contribution is -2.29. The van der Waals surface area contributed by atoms with Crippen molar-refractivity contribution in [1.29, 1.82) is 0 Å². The predicted molar refractivity (Wildman–Crippen MR) is 90.1 cm³/mol. The minimum Gasteiger partial charge on any atom is -0.449 e. The van der Waals surface area contributed by atoms with Gasteiger partial charge in [0.1, 0.15) is 0 Å². The smallest absolute Gasteiger partial charge is 0.407 e. The van der Waals surface area contributed by atoms with Crippen LogP contribution in [-0.4, -0.2) is 59.2 Å². The number of hydrogen-bond donors (Lipinski definition) is 2. The van der Waals surface area contributed by atoms with Crippen LogP contribution in [-0.2, 0) is 28.9 Å². The molecular weight excluding hydrogens is 324 g/mol. The fourth-order valence-electron chi connectivity index (χ4n) is 3.94. The van der Waals surface area contributed by atoms with Crippen LogP contribution in [0.1, 0.15) is 31.2 Å². The summed E-state index contributed by atoms with van der Waals surface area (Å²) in [7, 11) is 0. The summed E-state index contributed by atoms with van der Waals surface area (Å²) < 4.78 is 12.5. The van der Waals surface area contributed by atoms with E-state index >= 15 is 0 Å². The Morgan fingerprint density at radius 3 is 2.88 bits per heavy atom. The van der Waals surface area contributed by atoms with E-state index in [4.69, 9.17) is 14.6 Å². The normalized spacial score (nSPS) is 24.6. The zero-order valence-electron chi connectivity index (χ0n) is 14.8. The summed E-state index contributed by atoms with van der Waals surface area (Å²) in [6.07, 6.45) is 3.82. The van der Waals surface area contributed by atoms with E-state index in [1.165, 1.54) is 5.69 Å². The molecule has 1 heterocycles. The number of aromatic nitrogens is 3. The third-order valence-electron chi connectivity index (χ3n) is 5.31. The number of amides is 1. The van der Waals surface area contributed by atoms with E-state index in [2.05, 4.69) is 22.6 Å². The molecule has 2 aliphatic rings. The standard InChI is InChI=1S/C17H28N4O4/c1-2-21-16-6-4-13-12(3-5-15(16)19-20-21)14(13)11-25-17(23)18-7-9-24-10-8-22/h12-14,22H,2-11H2,1H3,(H,18,23). The first-order valence-corrected chi connectivity index (χ1v) is 9.25.